The van der Waals surface area contributed by atoms with Gasteiger partial charge in [0.2, 0.25) is 15.9 Å². The van der Waals surface area contributed by atoms with E-state index < -0.39 is 16.1 Å². The molecular formula is C23H32N2O3S. The average molecular weight is 417 g/mol. The summed E-state index contributed by atoms with van der Waals surface area (Å²) in [5.41, 5.74) is 5.73. The first-order valence-electron chi connectivity index (χ1n) is 9.89. The zero-order chi connectivity index (χ0) is 21.9. The van der Waals surface area contributed by atoms with Gasteiger partial charge in [0.25, 0.3) is 0 Å². The Hall–Kier alpha value is -2.34. The molecule has 0 aromatic heterocycles. The van der Waals surface area contributed by atoms with E-state index in [0.29, 0.717) is 12.1 Å². The number of benzene rings is 2. The SMILES string of the molecule is CC[C@@H](NC(=O)[C@@H](C)N(c1cc(C)cc(C)c1)S(C)(=O)=O)c1ccc(C)cc1C. The first-order valence-corrected chi connectivity index (χ1v) is 11.7. The Kier molecular flexibility index (Phi) is 7.11. The topological polar surface area (TPSA) is 66.5 Å². The van der Waals surface area contributed by atoms with Crippen molar-refractivity contribution in [1.29, 1.82) is 0 Å². The molecule has 2 atom stereocenters. The lowest BCUT2D eigenvalue weighted by atomic mass is 9.97. The Labute approximate surface area is 175 Å². The normalized spacial score (nSPS) is 13.6. The number of aryl methyl sites for hydroxylation is 4. The van der Waals surface area contributed by atoms with Crippen LogP contribution in [0.4, 0.5) is 5.69 Å². The molecule has 0 unspecified atom stereocenters. The molecule has 0 heterocycles. The summed E-state index contributed by atoms with van der Waals surface area (Å²) in [6.07, 6.45) is 1.85. The number of carbonyl (C=O) groups is 1. The molecule has 0 bridgehead atoms. The molecule has 2 rings (SSSR count). The Morgan fingerprint density at radius 1 is 1.00 bits per heavy atom. The van der Waals surface area contributed by atoms with Crippen molar-refractivity contribution in [3.8, 4) is 0 Å². The number of nitrogens with zero attached hydrogens (tertiary/aromatic N) is 1. The van der Waals surface area contributed by atoms with E-state index >= 15 is 0 Å². The van der Waals surface area contributed by atoms with Gasteiger partial charge >= 0.3 is 0 Å². The van der Waals surface area contributed by atoms with Crippen LogP contribution in [0.3, 0.4) is 0 Å². The van der Waals surface area contributed by atoms with E-state index in [4.69, 9.17) is 0 Å². The minimum absolute atomic E-state index is 0.175. The van der Waals surface area contributed by atoms with Gasteiger partial charge in [-0.15, -0.1) is 0 Å². The third-order valence-electron chi connectivity index (χ3n) is 5.07. The molecule has 0 aliphatic rings. The number of nitrogens with one attached hydrogen (secondary N) is 1. The number of anilines is 1. The molecule has 0 fully saturated rings. The zero-order valence-electron chi connectivity index (χ0n) is 18.4. The number of sulfonamides is 1. The van der Waals surface area contributed by atoms with Crippen molar-refractivity contribution in [2.45, 2.75) is 60.0 Å². The fraction of sp³-hybridized carbons (Fsp3) is 0.435. The number of hydrogen-bond donors (Lipinski definition) is 1. The van der Waals surface area contributed by atoms with E-state index in [1.807, 2.05) is 52.8 Å². The van der Waals surface area contributed by atoms with Gasteiger partial charge in [-0.25, -0.2) is 8.42 Å². The molecule has 29 heavy (non-hydrogen) atoms. The fourth-order valence-corrected chi connectivity index (χ4v) is 4.95. The van der Waals surface area contributed by atoms with Gasteiger partial charge in [0.1, 0.15) is 6.04 Å². The van der Waals surface area contributed by atoms with Crippen LogP contribution in [0.25, 0.3) is 0 Å². The second kappa shape index (κ2) is 8.99. The van der Waals surface area contributed by atoms with E-state index in [1.54, 1.807) is 19.1 Å². The van der Waals surface area contributed by atoms with Crippen LogP contribution in [0.1, 0.15) is 54.1 Å². The van der Waals surface area contributed by atoms with Crippen LogP contribution in [0.2, 0.25) is 0 Å². The average Bonchev–Trinajstić information content (AvgIpc) is 2.58. The molecule has 6 heteroatoms. The zero-order valence-corrected chi connectivity index (χ0v) is 19.2. The second-order valence-corrected chi connectivity index (χ2v) is 9.77. The van der Waals surface area contributed by atoms with Gasteiger partial charge in [0, 0.05) is 0 Å². The first kappa shape index (κ1) is 22.9. The monoisotopic (exact) mass is 416 g/mol. The summed E-state index contributed by atoms with van der Waals surface area (Å²) >= 11 is 0. The third kappa shape index (κ3) is 5.60. The van der Waals surface area contributed by atoms with Crippen molar-refractivity contribution in [1.82, 2.24) is 5.32 Å². The van der Waals surface area contributed by atoms with Gasteiger partial charge in [-0.3, -0.25) is 9.10 Å². The quantitative estimate of drug-likeness (QED) is 0.730. The summed E-state index contributed by atoms with van der Waals surface area (Å²) in [5, 5.41) is 3.05. The third-order valence-corrected chi connectivity index (χ3v) is 6.32. The number of carbonyl (C=O) groups excluding carboxylic acids is 1. The standard InChI is InChI=1S/C23H32N2O3S/c1-8-22(21-10-9-15(2)12-18(21)5)24-23(26)19(6)25(29(7,27)28)20-13-16(3)11-17(4)14-20/h9-14,19,22H,8H2,1-7H3,(H,24,26)/t19-,22-/m1/s1. The predicted molar refractivity (Wildman–Crippen MR) is 120 cm³/mol. The van der Waals surface area contributed by atoms with E-state index in [0.717, 1.165) is 28.5 Å². The summed E-state index contributed by atoms with van der Waals surface area (Å²) < 4.78 is 26.3. The van der Waals surface area contributed by atoms with Gasteiger partial charge in [-0.2, -0.15) is 0 Å². The Balaban J connectivity index is 2.35. The Morgan fingerprint density at radius 3 is 2.07 bits per heavy atom. The number of hydrogen-bond acceptors (Lipinski definition) is 3. The number of amides is 1. The maximum absolute atomic E-state index is 13.1. The molecule has 5 nitrogen and oxygen atoms in total. The summed E-state index contributed by atoms with van der Waals surface area (Å²) in [6, 6.07) is 10.7. The molecule has 2 aromatic rings. The second-order valence-electron chi connectivity index (χ2n) is 7.91. The van der Waals surface area contributed by atoms with Crippen LogP contribution in [0, 0.1) is 27.7 Å². The number of rotatable bonds is 7. The van der Waals surface area contributed by atoms with Gasteiger partial charge < -0.3 is 5.32 Å². The maximum Gasteiger partial charge on any atom is 0.244 e. The summed E-state index contributed by atoms with van der Waals surface area (Å²) in [6.45, 7) is 11.5. The highest BCUT2D eigenvalue weighted by atomic mass is 32.2. The van der Waals surface area contributed by atoms with Crippen molar-refractivity contribution in [3.05, 3.63) is 64.2 Å². The highest BCUT2D eigenvalue weighted by Crippen LogP contribution is 2.26. The lowest BCUT2D eigenvalue weighted by Gasteiger charge is -2.30. The van der Waals surface area contributed by atoms with Gasteiger partial charge in [-0.1, -0.05) is 36.8 Å². The van der Waals surface area contributed by atoms with E-state index in [1.165, 1.54) is 9.87 Å². The minimum atomic E-state index is -3.64. The fourth-order valence-electron chi connectivity index (χ4n) is 3.80. The van der Waals surface area contributed by atoms with Crippen LogP contribution in [0.15, 0.2) is 36.4 Å². The minimum Gasteiger partial charge on any atom is -0.347 e. The molecule has 0 spiro atoms. The van der Waals surface area contributed by atoms with Crippen LogP contribution in [-0.4, -0.2) is 26.6 Å². The molecule has 0 saturated carbocycles. The molecule has 2 aromatic carbocycles. The van der Waals surface area contributed by atoms with Crippen LogP contribution in [0.5, 0.6) is 0 Å². The van der Waals surface area contributed by atoms with Gasteiger partial charge in [0.05, 0.1) is 18.0 Å². The maximum atomic E-state index is 13.1. The van der Waals surface area contributed by atoms with Crippen molar-refractivity contribution in [3.63, 3.8) is 0 Å². The van der Waals surface area contributed by atoms with Gasteiger partial charge in [-0.05, 0) is 75.4 Å². The largest absolute Gasteiger partial charge is 0.347 e. The smallest absolute Gasteiger partial charge is 0.244 e. The molecule has 1 N–H and O–H groups in total. The summed E-state index contributed by atoms with van der Waals surface area (Å²) in [4.78, 5) is 13.1. The van der Waals surface area contributed by atoms with Gasteiger partial charge in [0.15, 0.2) is 0 Å². The van der Waals surface area contributed by atoms with E-state index in [2.05, 4.69) is 11.4 Å². The van der Waals surface area contributed by atoms with E-state index in [9.17, 15) is 13.2 Å². The first-order chi connectivity index (χ1) is 13.4. The van der Waals surface area contributed by atoms with Crippen molar-refractivity contribution >= 4 is 21.6 Å². The Morgan fingerprint density at radius 2 is 1.59 bits per heavy atom. The van der Waals surface area contributed by atoms with Crippen molar-refractivity contribution in [2.75, 3.05) is 10.6 Å². The molecule has 0 saturated heterocycles. The Bertz CT molecular complexity index is 979. The molecule has 0 aliphatic carbocycles. The predicted octanol–water partition coefficient (Wildman–Crippen LogP) is 4.34. The molecule has 158 valence electrons. The van der Waals surface area contributed by atoms with E-state index in [-0.39, 0.29) is 11.9 Å². The molecule has 1 amide bonds. The lowest BCUT2D eigenvalue weighted by molar-refractivity contribution is -0.122. The summed E-state index contributed by atoms with van der Waals surface area (Å²) in [5.74, 6) is -0.318. The lowest BCUT2D eigenvalue weighted by Crippen LogP contribution is -2.48. The highest BCUT2D eigenvalue weighted by molar-refractivity contribution is 7.92. The molecule has 0 radical (unpaired) electrons. The van der Waals surface area contributed by atoms with Crippen molar-refractivity contribution in [2.24, 2.45) is 0 Å². The van der Waals surface area contributed by atoms with Crippen LogP contribution >= 0.6 is 0 Å². The highest BCUT2D eigenvalue weighted by Gasteiger charge is 2.30. The molecule has 0 aliphatic heterocycles. The summed E-state index contributed by atoms with van der Waals surface area (Å²) in [7, 11) is -3.64. The molecular weight excluding hydrogens is 384 g/mol. The van der Waals surface area contributed by atoms with Crippen LogP contribution in [-0.2, 0) is 14.8 Å². The van der Waals surface area contributed by atoms with Crippen molar-refractivity contribution < 1.29 is 13.2 Å². The van der Waals surface area contributed by atoms with Crippen LogP contribution < -0.4 is 9.62 Å².